The van der Waals surface area contributed by atoms with E-state index < -0.39 is 0 Å². The van der Waals surface area contributed by atoms with E-state index in [4.69, 9.17) is 9.15 Å². The predicted molar refractivity (Wildman–Crippen MR) is 80.8 cm³/mol. The molecule has 0 bridgehead atoms. The molecule has 0 atom stereocenters. The fourth-order valence-electron chi connectivity index (χ4n) is 2.66. The Morgan fingerprint density at radius 3 is 2.90 bits per heavy atom. The third kappa shape index (κ3) is 2.89. The quantitative estimate of drug-likeness (QED) is 0.833. The maximum absolute atomic E-state index is 6.02. The molecule has 1 aromatic carbocycles. The van der Waals surface area contributed by atoms with E-state index in [0.29, 0.717) is 12.6 Å². The second-order valence-electron chi connectivity index (χ2n) is 5.67. The van der Waals surface area contributed by atoms with Crippen LogP contribution < -0.4 is 5.32 Å². The van der Waals surface area contributed by atoms with Crippen molar-refractivity contribution < 1.29 is 9.15 Å². The molecule has 20 heavy (non-hydrogen) atoms. The van der Waals surface area contributed by atoms with Crippen molar-refractivity contribution >= 4 is 11.0 Å². The summed E-state index contributed by atoms with van der Waals surface area (Å²) in [4.78, 5) is 0. The van der Waals surface area contributed by atoms with E-state index in [1.54, 1.807) is 7.11 Å². The number of ether oxygens (including phenoxy) is 1. The van der Waals surface area contributed by atoms with Crippen molar-refractivity contribution in [2.45, 2.75) is 51.8 Å². The fourth-order valence-corrected chi connectivity index (χ4v) is 2.66. The first-order valence-corrected chi connectivity index (χ1v) is 7.57. The zero-order chi connectivity index (χ0) is 13.9. The van der Waals surface area contributed by atoms with Crippen LogP contribution in [0.25, 0.3) is 11.0 Å². The van der Waals surface area contributed by atoms with E-state index in [-0.39, 0.29) is 0 Å². The summed E-state index contributed by atoms with van der Waals surface area (Å²) in [5.74, 6) is 1.03. The second kappa shape index (κ2) is 5.98. The van der Waals surface area contributed by atoms with E-state index in [1.165, 1.54) is 35.8 Å². The Morgan fingerprint density at radius 2 is 2.20 bits per heavy atom. The normalized spacial score (nSPS) is 15.1. The monoisotopic (exact) mass is 273 g/mol. The number of hydrogen-bond donors (Lipinski definition) is 1. The van der Waals surface area contributed by atoms with E-state index in [2.05, 4.69) is 30.4 Å². The lowest BCUT2D eigenvalue weighted by Crippen LogP contribution is -2.15. The van der Waals surface area contributed by atoms with Crippen LogP contribution in [0.3, 0.4) is 0 Å². The first-order chi connectivity index (χ1) is 9.81. The number of furan rings is 1. The molecule has 0 unspecified atom stereocenters. The van der Waals surface area contributed by atoms with Gasteiger partial charge in [0.25, 0.3) is 0 Å². The van der Waals surface area contributed by atoms with Gasteiger partial charge in [-0.05, 0) is 37.0 Å². The Hall–Kier alpha value is -1.32. The standard InChI is InChI=1S/C17H23NO2/c1-3-4-12-5-8-16-14(9-12)15(11-19-2)17(20-16)10-18-13-6-7-13/h5,8-9,13,18H,3-4,6-7,10-11H2,1-2H3. The Balaban J connectivity index is 1.92. The Bertz CT molecular complexity index is 584. The Morgan fingerprint density at radius 1 is 1.35 bits per heavy atom. The maximum atomic E-state index is 6.02. The molecule has 3 rings (SSSR count). The maximum Gasteiger partial charge on any atom is 0.134 e. The minimum Gasteiger partial charge on any atom is -0.459 e. The lowest BCUT2D eigenvalue weighted by Gasteiger charge is -2.03. The van der Waals surface area contributed by atoms with Crippen molar-refractivity contribution in [3.05, 3.63) is 35.1 Å². The van der Waals surface area contributed by atoms with Gasteiger partial charge in [-0.2, -0.15) is 0 Å². The van der Waals surface area contributed by atoms with E-state index in [9.17, 15) is 0 Å². The summed E-state index contributed by atoms with van der Waals surface area (Å²) in [5.41, 5.74) is 3.55. The molecule has 0 aliphatic heterocycles. The summed E-state index contributed by atoms with van der Waals surface area (Å²) in [6.07, 6.45) is 4.86. The average molecular weight is 273 g/mol. The molecule has 1 aromatic heterocycles. The van der Waals surface area contributed by atoms with E-state index in [1.807, 2.05) is 0 Å². The van der Waals surface area contributed by atoms with Gasteiger partial charge in [0.1, 0.15) is 11.3 Å². The summed E-state index contributed by atoms with van der Waals surface area (Å²) in [7, 11) is 1.74. The number of benzene rings is 1. The number of methoxy groups -OCH3 is 1. The summed E-state index contributed by atoms with van der Waals surface area (Å²) >= 11 is 0. The first kappa shape index (κ1) is 13.7. The third-order valence-corrected chi connectivity index (χ3v) is 3.89. The highest BCUT2D eigenvalue weighted by Crippen LogP contribution is 2.29. The highest BCUT2D eigenvalue weighted by Gasteiger charge is 2.22. The topological polar surface area (TPSA) is 34.4 Å². The fraction of sp³-hybridized carbons (Fsp3) is 0.529. The first-order valence-electron chi connectivity index (χ1n) is 7.57. The molecule has 0 spiro atoms. The Kier molecular flexibility index (Phi) is 4.08. The molecule has 1 fully saturated rings. The van der Waals surface area contributed by atoms with Crippen LogP contribution in [0.15, 0.2) is 22.6 Å². The van der Waals surface area contributed by atoms with Crippen LogP contribution in [0.1, 0.15) is 43.1 Å². The molecule has 0 saturated heterocycles. The van der Waals surface area contributed by atoms with Crippen molar-refractivity contribution in [3.63, 3.8) is 0 Å². The largest absolute Gasteiger partial charge is 0.459 e. The van der Waals surface area contributed by atoms with Crippen LogP contribution in [-0.4, -0.2) is 13.2 Å². The lowest BCUT2D eigenvalue weighted by atomic mass is 10.1. The summed E-state index contributed by atoms with van der Waals surface area (Å²) in [6, 6.07) is 7.22. The van der Waals surface area contributed by atoms with Crippen LogP contribution in [0.4, 0.5) is 0 Å². The number of aryl methyl sites for hydroxylation is 1. The van der Waals surface area contributed by atoms with Gasteiger partial charge in [-0.15, -0.1) is 0 Å². The minimum absolute atomic E-state index is 0.615. The zero-order valence-electron chi connectivity index (χ0n) is 12.4. The molecule has 1 aliphatic rings. The number of hydrogen-bond acceptors (Lipinski definition) is 3. The van der Waals surface area contributed by atoms with Crippen LogP contribution in [0.2, 0.25) is 0 Å². The SMILES string of the molecule is CCCc1ccc2oc(CNC3CC3)c(COC)c2c1. The van der Waals surface area contributed by atoms with Crippen molar-refractivity contribution in [3.8, 4) is 0 Å². The van der Waals surface area contributed by atoms with Gasteiger partial charge in [0.05, 0.1) is 13.2 Å². The molecule has 1 N–H and O–H groups in total. The molecule has 1 aliphatic carbocycles. The minimum atomic E-state index is 0.615. The van der Waals surface area contributed by atoms with Gasteiger partial charge < -0.3 is 14.5 Å². The highest BCUT2D eigenvalue weighted by atomic mass is 16.5. The van der Waals surface area contributed by atoms with Crippen LogP contribution in [-0.2, 0) is 24.3 Å². The highest BCUT2D eigenvalue weighted by molar-refractivity contribution is 5.83. The zero-order valence-corrected chi connectivity index (χ0v) is 12.4. The van der Waals surface area contributed by atoms with Gasteiger partial charge in [0, 0.05) is 24.1 Å². The second-order valence-corrected chi connectivity index (χ2v) is 5.67. The molecule has 0 amide bonds. The summed E-state index contributed by atoms with van der Waals surface area (Å²) < 4.78 is 11.4. The van der Waals surface area contributed by atoms with E-state index in [0.717, 1.165) is 24.3 Å². The van der Waals surface area contributed by atoms with Crippen LogP contribution in [0.5, 0.6) is 0 Å². The van der Waals surface area contributed by atoms with E-state index >= 15 is 0 Å². The van der Waals surface area contributed by atoms with Crippen LogP contribution >= 0.6 is 0 Å². The van der Waals surface area contributed by atoms with Crippen molar-refractivity contribution in [2.75, 3.05) is 7.11 Å². The Labute approximate surface area is 120 Å². The molecule has 3 heteroatoms. The number of fused-ring (bicyclic) bond motifs is 1. The molecule has 1 heterocycles. The molecular weight excluding hydrogens is 250 g/mol. The van der Waals surface area contributed by atoms with Crippen molar-refractivity contribution in [1.29, 1.82) is 0 Å². The lowest BCUT2D eigenvalue weighted by molar-refractivity contribution is 0.183. The summed E-state index contributed by atoms with van der Waals surface area (Å²) in [5, 5.41) is 4.74. The van der Waals surface area contributed by atoms with Gasteiger partial charge in [-0.3, -0.25) is 0 Å². The number of rotatable bonds is 7. The van der Waals surface area contributed by atoms with Gasteiger partial charge in [-0.25, -0.2) is 0 Å². The average Bonchev–Trinajstić information content (AvgIpc) is 3.22. The van der Waals surface area contributed by atoms with Gasteiger partial charge >= 0.3 is 0 Å². The van der Waals surface area contributed by atoms with Crippen molar-refractivity contribution in [2.24, 2.45) is 0 Å². The van der Waals surface area contributed by atoms with Gasteiger partial charge in [0.2, 0.25) is 0 Å². The molecule has 0 radical (unpaired) electrons. The van der Waals surface area contributed by atoms with Gasteiger partial charge in [0.15, 0.2) is 0 Å². The number of nitrogens with one attached hydrogen (secondary N) is 1. The van der Waals surface area contributed by atoms with Crippen molar-refractivity contribution in [1.82, 2.24) is 5.32 Å². The molecule has 1 saturated carbocycles. The predicted octanol–water partition coefficient (Wildman–Crippen LogP) is 3.78. The molecule has 3 nitrogen and oxygen atoms in total. The molecule has 108 valence electrons. The third-order valence-electron chi connectivity index (χ3n) is 3.89. The molecule has 2 aromatic rings. The molecular formula is C17H23NO2. The van der Waals surface area contributed by atoms with Gasteiger partial charge in [-0.1, -0.05) is 19.4 Å². The van der Waals surface area contributed by atoms with Crippen LogP contribution in [0, 0.1) is 0 Å². The smallest absolute Gasteiger partial charge is 0.134 e. The summed E-state index contributed by atoms with van der Waals surface area (Å²) in [6.45, 7) is 3.63.